The predicted octanol–water partition coefficient (Wildman–Crippen LogP) is 3.64. The van der Waals surface area contributed by atoms with E-state index in [1.807, 2.05) is 6.07 Å². The number of nitrogens with one attached hydrogen (secondary N) is 1. The highest BCUT2D eigenvalue weighted by Crippen LogP contribution is 2.37. The van der Waals surface area contributed by atoms with Crippen molar-refractivity contribution in [2.45, 2.75) is 12.5 Å². The third-order valence-electron chi connectivity index (χ3n) is 4.56. The number of hydrogen-bond donors (Lipinski definition) is 1. The van der Waals surface area contributed by atoms with Crippen molar-refractivity contribution in [3.8, 4) is 0 Å². The molecular weight excluding hydrogens is 390 g/mol. The summed E-state index contributed by atoms with van der Waals surface area (Å²) in [5, 5.41) is 5.93. The molecule has 7 nitrogen and oxygen atoms in total. The van der Waals surface area contributed by atoms with Crippen LogP contribution in [0.5, 0.6) is 0 Å². The van der Waals surface area contributed by atoms with Crippen molar-refractivity contribution in [3.05, 3.63) is 89.9 Å². The number of hydrazone groups is 1. The molecule has 1 aromatic heterocycles. The number of sulfonamides is 1. The zero-order valence-corrected chi connectivity index (χ0v) is 16.5. The maximum absolute atomic E-state index is 13.2. The van der Waals surface area contributed by atoms with E-state index in [1.165, 1.54) is 5.01 Å². The normalized spacial score (nSPS) is 16.5. The highest BCUT2D eigenvalue weighted by Gasteiger charge is 2.36. The average Bonchev–Trinajstić information content (AvgIpc) is 3.37. The molecule has 1 atom stereocenters. The number of para-hydroxylation sites is 1. The summed E-state index contributed by atoms with van der Waals surface area (Å²) in [5.41, 5.74) is 2.20. The van der Waals surface area contributed by atoms with E-state index >= 15 is 0 Å². The lowest BCUT2D eigenvalue weighted by Gasteiger charge is -2.24. The Morgan fingerprint density at radius 2 is 1.79 bits per heavy atom. The Balaban J connectivity index is 1.77. The third kappa shape index (κ3) is 4.07. The fraction of sp³-hybridized carbons (Fsp3) is 0.143. The van der Waals surface area contributed by atoms with E-state index in [0.29, 0.717) is 34.7 Å². The number of hydrogen-bond acceptors (Lipinski definition) is 5. The molecule has 0 bridgehead atoms. The van der Waals surface area contributed by atoms with Crippen LogP contribution in [-0.2, 0) is 10.0 Å². The van der Waals surface area contributed by atoms with Gasteiger partial charge < -0.3 is 4.42 Å². The van der Waals surface area contributed by atoms with Crippen LogP contribution in [0.25, 0.3) is 0 Å². The van der Waals surface area contributed by atoms with Crippen LogP contribution in [0.2, 0.25) is 0 Å². The molecule has 0 fully saturated rings. The molecule has 1 aliphatic rings. The van der Waals surface area contributed by atoms with E-state index in [9.17, 15) is 13.2 Å². The number of rotatable bonds is 5. The molecule has 148 valence electrons. The van der Waals surface area contributed by atoms with Gasteiger partial charge in [0, 0.05) is 17.5 Å². The van der Waals surface area contributed by atoms with Crippen LogP contribution in [0.15, 0.2) is 82.5 Å². The Labute approximate surface area is 168 Å². The minimum atomic E-state index is -3.49. The van der Waals surface area contributed by atoms with E-state index in [-0.39, 0.29) is 5.91 Å². The highest BCUT2D eigenvalue weighted by atomic mass is 32.2. The number of anilines is 1. The van der Waals surface area contributed by atoms with Crippen molar-refractivity contribution in [1.82, 2.24) is 5.01 Å². The number of carbonyl (C=O) groups is 1. The van der Waals surface area contributed by atoms with Gasteiger partial charge in [0.05, 0.1) is 24.2 Å². The maximum atomic E-state index is 13.2. The van der Waals surface area contributed by atoms with Crippen molar-refractivity contribution in [3.63, 3.8) is 0 Å². The molecule has 3 aromatic rings. The zero-order valence-electron chi connectivity index (χ0n) is 15.6. The second-order valence-electron chi connectivity index (χ2n) is 6.72. The molecule has 0 saturated carbocycles. The van der Waals surface area contributed by atoms with E-state index < -0.39 is 16.1 Å². The molecule has 0 saturated heterocycles. The van der Waals surface area contributed by atoms with Gasteiger partial charge in [-0.25, -0.2) is 13.4 Å². The lowest BCUT2D eigenvalue weighted by Crippen LogP contribution is -2.28. The van der Waals surface area contributed by atoms with Crippen LogP contribution in [0.1, 0.15) is 34.1 Å². The number of benzene rings is 2. The van der Waals surface area contributed by atoms with E-state index in [2.05, 4.69) is 9.82 Å². The third-order valence-corrected chi connectivity index (χ3v) is 5.15. The summed E-state index contributed by atoms with van der Waals surface area (Å²) in [6.45, 7) is 0. The Hall–Kier alpha value is -3.39. The summed E-state index contributed by atoms with van der Waals surface area (Å²) in [7, 11) is -3.49. The molecule has 1 amide bonds. The van der Waals surface area contributed by atoms with Crippen molar-refractivity contribution in [2.75, 3.05) is 11.0 Å². The molecule has 2 heterocycles. The van der Waals surface area contributed by atoms with Gasteiger partial charge in [-0.15, -0.1) is 0 Å². The molecule has 1 N–H and O–H groups in total. The zero-order chi connectivity index (χ0) is 20.4. The first kappa shape index (κ1) is 18.9. The Bertz CT molecular complexity index is 1160. The first-order chi connectivity index (χ1) is 13.9. The van der Waals surface area contributed by atoms with Gasteiger partial charge in [-0.3, -0.25) is 9.52 Å². The summed E-state index contributed by atoms with van der Waals surface area (Å²) in [4.78, 5) is 13.2. The van der Waals surface area contributed by atoms with Gasteiger partial charge in [0.1, 0.15) is 11.5 Å². The summed E-state index contributed by atoms with van der Waals surface area (Å²) >= 11 is 0. The van der Waals surface area contributed by atoms with Crippen LogP contribution < -0.4 is 4.72 Å². The van der Waals surface area contributed by atoms with Gasteiger partial charge in [-0.05, 0) is 30.3 Å². The van der Waals surface area contributed by atoms with Crippen LogP contribution in [0.3, 0.4) is 0 Å². The van der Waals surface area contributed by atoms with Crippen molar-refractivity contribution in [2.24, 2.45) is 5.10 Å². The Morgan fingerprint density at radius 3 is 2.48 bits per heavy atom. The molecule has 4 rings (SSSR count). The maximum Gasteiger partial charge on any atom is 0.274 e. The van der Waals surface area contributed by atoms with Crippen molar-refractivity contribution in [1.29, 1.82) is 0 Å². The number of carbonyl (C=O) groups excluding carboxylic acids is 1. The summed E-state index contributed by atoms with van der Waals surface area (Å²) < 4.78 is 31.6. The van der Waals surface area contributed by atoms with Crippen LogP contribution in [0.4, 0.5) is 5.69 Å². The van der Waals surface area contributed by atoms with Gasteiger partial charge in [0.25, 0.3) is 5.91 Å². The number of amides is 1. The fourth-order valence-electron chi connectivity index (χ4n) is 3.32. The molecule has 1 unspecified atom stereocenters. The smallest absolute Gasteiger partial charge is 0.274 e. The lowest BCUT2D eigenvalue weighted by molar-refractivity contribution is 0.0712. The SMILES string of the molecule is CS(=O)(=O)Nc1ccccc1C1CC(c2ccco2)=NN1C(=O)c1ccccc1. The Kier molecular flexibility index (Phi) is 4.94. The molecule has 2 aromatic carbocycles. The number of furan rings is 1. The average molecular weight is 409 g/mol. The first-order valence-electron chi connectivity index (χ1n) is 8.99. The van der Waals surface area contributed by atoms with E-state index in [1.54, 1.807) is 66.9 Å². The monoisotopic (exact) mass is 409 g/mol. The minimum absolute atomic E-state index is 0.272. The lowest BCUT2D eigenvalue weighted by atomic mass is 9.99. The molecule has 0 spiro atoms. The van der Waals surface area contributed by atoms with Crippen LogP contribution in [0, 0.1) is 0 Å². The van der Waals surface area contributed by atoms with E-state index in [0.717, 1.165) is 6.26 Å². The standard InChI is InChI=1S/C21H19N3O4S/c1-29(26,27)23-17-11-6-5-10-16(17)19-14-18(20-12-7-13-28-20)22-24(19)21(25)15-8-3-2-4-9-15/h2-13,19,23H,14H2,1H3. The van der Waals surface area contributed by atoms with Crippen molar-refractivity contribution >= 4 is 27.3 Å². The van der Waals surface area contributed by atoms with Crippen LogP contribution >= 0.6 is 0 Å². The molecule has 8 heteroatoms. The topological polar surface area (TPSA) is 92.0 Å². The summed E-state index contributed by atoms with van der Waals surface area (Å²) in [6, 6.07) is 18.9. The molecule has 0 aliphatic carbocycles. The minimum Gasteiger partial charge on any atom is -0.463 e. The number of nitrogens with zero attached hydrogens (tertiary/aromatic N) is 2. The molecule has 1 aliphatic heterocycles. The fourth-order valence-corrected chi connectivity index (χ4v) is 3.91. The predicted molar refractivity (Wildman–Crippen MR) is 110 cm³/mol. The van der Waals surface area contributed by atoms with Gasteiger partial charge in [-0.2, -0.15) is 5.10 Å². The van der Waals surface area contributed by atoms with Gasteiger partial charge in [-0.1, -0.05) is 36.4 Å². The van der Waals surface area contributed by atoms with Gasteiger partial charge in [0.2, 0.25) is 10.0 Å². The van der Waals surface area contributed by atoms with Gasteiger partial charge >= 0.3 is 0 Å². The second-order valence-corrected chi connectivity index (χ2v) is 8.47. The van der Waals surface area contributed by atoms with Crippen molar-refractivity contribution < 1.29 is 17.6 Å². The highest BCUT2D eigenvalue weighted by molar-refractivity contribution is 7.92. The molecular formula is C21H19N3O4S. The quantitative estimate of drug-likeness (QED) is 0.696. The van der Waals surface area contributed by atoms with Crippen LogP contribution in [-0.4, -0.2) is 31.3 Å². The van der Waals surface area contributed by atoms with Gasteiger partial charge in [0.15, 0.2) is 0 Å². The second kappa shape index (κ2) is 7.56. The first-order valence-corrected chi connectivity index (χ1v) is 10.9. The summed E-state index contributed by atoms with van der Waals surface area (Å²) in [5.74, 6) is 0.304. The molecule has 0 radical (unpaired) electrons. The Morgan fingerprint density at radius 1 is 1.07 bits per heavy atom. The molecule has 29 heavy (non-hydrogen) atoms. The largest absolute Gasteiger partial charge is 0.463 e. The van der Waals surface area contributed by atoms with E-state index in [4.69, 9.17) is 4.42 Å². The summed E-state index contributed by atoms with van der Waals surface area (Å²) in [6.07, 6.45) is 3.04.